The number of pyridine rings is 1. The molecule has 0 atom stereocenters. The minimum Gasteiger partial charge on any atom is -0.478 e. The van der Waals surface area contributed by atoms with Gasteiger partial charge in [-0.1, -0.05) is 6.07 Å². The van der Waals surface area contributed by atoms with Crippen LogP contribution < -0.4 is 10.6 Å². The second-order valence-corrected chi connectivity index (χ2v) is 4.84. The standard InChI is InChI=1S/C15H17N3O2/c1-9-4-10(2)6-11(5-9)18(3)14-7-12(15(19)20)13(16)8-17-14/h4-8H,16H2,1-3H3,(H,19,20). The maximum Gasteiger partial charge on any atom is 0.337 e. The van der Waals surface area contributed by atoms with Gasteiger partial charge in [0.1, 0.15) is 5.82 Å². The predicted molar refractivity (Wildman–Crippen MR) is 79.6 cm³/mol. The van der Waals surface area contributed by atoms with Crippen LogP contribution in [0.2, 0.25) is 0 Å². The van der Waals surface area contributed by atoms with Crippen molar-refractivity contribution in [3.8, 4) is 0 Å². The van der Waals surface area contributed by atoms with E-state index in [0.29, 0.717) is 5.82 Å². The number of rotatable bonds is 3. The summed E-state index contributed by atoms with van der Waals surface area (Å²) in [5.41, 5.74) is 9.07. The minimum absolute atomic E-state index is 0.0613. The van der Waals surface area contributed by atoms with E-state index in [1.807, 2.05) is 37.9 Å². The number of hydrogen-bond acceptors (Lipinski definition) is 4. The number of nitrogen functional groups attached to an aromatic ring is 1. The molecule has 1 aromatic carbocycles. The van der Waals surface area contributed by atoms with E-state index in [4.69, 9.17) is 10.8 Å². The summed E-state index contributed by atoms with van der Waals surface area (Å²) >= 11 is 0. The molecule has 0 aliphatic rings. The van der Waals surface area contributed by atoms with Gasteiger partial charge in [-0.25, -0.2) is 9.78 Å². The van der Waals surface area contributed by atoms with Crippen LogP contribution in [0.4, 0.5) is 17.2 Å². The number of nitrogens with two attached hydrogens (primary N) is 1. The fourth-order valence-electron chi connectivity index (χ4n) is 2.10. The van der Waals surface area contributed by atoms with Crippen LogP contribution in [0.3, 0.4) is 0 Å². The molecule has 0 aliphatic carbocycles. The average molecular weight is 271 g/mol. The van der Waals surface area contributed by atoms with Gasteiger partial charge in [0, 0.05) is 12.7 Å². The van der Waals surface area contributed by atoms with E-state index in [1.165, 1.54) is 12.3 Å². The summed E-state index contributed by atoms with van der Waals surface area (Å²) in [5.74, 6) is -0.512. The van der Waals surface area contributed by atoms with Crippen molar-refractivity contribution in [2.24, 2.45) is 0 Å². The SMILES string of the molecule is Cc1cc(C)cc(N(C)c2cc(C(=O)O)c(N)cn2)c1. The monoisotopic (exact) mass is 271 g/mol. The highest BCUT2D eigenvalue weighted by Crippen LogP contribution is 2.26. The molecule has 0 amide bonds. The summed E-state index contributed by atoms with van der Waals surface area (Å²) in [4.78, 5) is 17.1. The van der Waals surface area contributed by atoms with Crippen molar-refractivity contribution < 1.29 is 9.90 Å². The molecule has 2 aromatic rings. The number of hydrogen-bond donors (Lipinski definition) is 2. The topological polar surface area (TPSA) is 79.5 Å². The third-order valence-electron chi connectivity index (χ3n) is 3.09. The Bertz CT molecular complexity index is 648. The van der Waals surface area contributed by atoms with Crippen LogP contribution in [0.1, 0.15) is 21.5 Å². The molecule has 0 saturated carbocycles. The Hall–Kier alpha value is -2.56. The van der Waals surface area contributed by atoms with Crippen LogP contribution in [0.5, 0.6) is 0 Å². The highest BCUT2D eigenvalue weighted by atomic mass is 16.4. The van der Waals surface area contributed by atoms with Crippen LogP contribution in [-0.2, 0) is 0 Å². The van der Waals surface area contributed by atoms with E-state index in [0.717, 1.165) is 16.8 Å². The average Bonchev–Trinajstić information content (AvgIpc) is 2.37. The number of carbonyl (C=O) groups is 1. The summed E-state index contributed by atoms with van der Waals surface area (Å²) in [7, 11) is 1.85. The molecule has 3 N–H and O–H groups in total. The van der Waals surface area contributed by atoms with E-state index in [1.54, 1.807) is 0 Å². The van der Waals surface area contributed by atoms with Crippen molar-refractivity contribution in [1.82, 2.24) is 4.98 Å². The lowest BCUT2D eigenvalue weighted by atomic mass is 10.1. The van der Waals surface area contributed by atoms with Crippen LogP contribution in [0.25, 0.3) is 0 Å². The summed E-state index contributed by atoms with van der Waals surface area (Å²) in [6, 6.07) is 7.60. The first kappa shape index (κ1) is 13.9. The van der Waals surface area contributed by atoms with Crippen molar-refractivity contribution in [2.45, 2.75) is 13.8 Å². The van der Waals surface area contributed by atoms with Gasteiger partial charge in [0.05, 0.1) is 17.4 Å². The zero-order valence-electron chi connectivity index (χ0n) is 11.7. The Labute approximate surface area is 117 Å². The molecule has 1 heterocycles. The molecule has 20 heavy (non-hydrogen) atoms. The molecule has 1 aromatic heterocycles. The van der Waals surface area contributed by atoms with E-state index in [2.05, 4.69) is 11.1 Å². The first-order valence-electron chi connectivity index (χ1n) is 6.19. The van der Waals surface area contributed by atoms with Gasteiger partial charge in [-0.2, -0.15) is 0 Å². The molecule has 0 unspecified atom stereocenters. The Morgan fingerprint density at radius 3 is 2.35 bits per heavy atom. The fraction of sp³-hybridized carbons (Fsp3) is 0.200. The van der Waals surface area contributed by atoms with Crippen LogP contribution >= 0.6 is 0 Å². The van der Waals surface area contributed by atoms with E-state index >= 15 is 0 Å². The molecule has 0 aliphatic heterocycles. The summed E-state index contributed by atoms with van der Waals surface area (Å²) in [6.07, 6.45) is 1.37. The van der Waals surface area contributed by atoms with Gasteiger partial charge < -0.3 is 15.7 Å². The molecule has 0 saturated heterocycles. The number of nitrogens with zero attached hydrogens (tertiary/aromatic N) is 2. The lowest BCUT2D eigenvalue weighted by Crippen LogP contribution is -2.13. The Morgan fingerprint density at radius 1 is 1.20 bits per heavy atom. The number of aromatic carboxylic acids is 1. The van der Waals surface area contributed by atoms with Gasteiger partial charge in [-0.15, -0.1) is 0 Å². The summed E-state index contributed by atoms with van der Waals surface area (Å²) in [6.45, 7) is 4.03. The van der Waals surface area contributed by atoms with Crippen LogP contribution in [-0.4, -0.2) is 23.1 Å². The van der Waals surface area contributed by atoms with E-state index < -0.39 is 5.97 Å². The first-order chi connectivity index (χ1) is 9.38. The summed E-state index contributed by atoms with van der Waals surface area (Å²) < 4.78 is 0. The molecule has 0 spiro atoms. The highest BCUT2D eigenvalue weighted by molar-refractivity contribution is 5.94. The number of carboxylic acids is 1. The lowest BCUT2D eigenvalue weighted by molar-refractivity contribution is 0.0698. The maximum atomic E-state index is 11.1. The maximum absolute atomic E-state index is 11.1. The smallest absolute Gasteiger partial charge is 0.337 e. The molecule has 0 radical (unpaired) electrons. The second-order valence-electron chi connectivity index (χ2n) is 4.84. The predicted octanol–water partition coefficient (Wildman–Crippen LogP) is 2.75. The first-order valence-corrected chi connectivity index (χ1v) is 6.19. The Morgan fingerprint density at radius 2 is 1.80 bits per heavy atom. The van der Waals surface area contributed by atoms with Crippen LogP contribution in [0.15, 0.2) is 30.5 Å². The number of benzene rings is 1. The van der Waals surface area contributed by atoms with Crippen molar-refractivity contribution in [3.63, 3.8) is 0 Å². The van der Waals surface area contributed by atoms with Gasteiger partial charge in [0.2, 0.25) is 0 Å². The van der Waals surface area contributed by atoms with Crippen LogP contribution in [0, 0.1) is 13.8 Å². The zero-order chi connectivity index (χ0) is 14.9. The van der Waals surface area contributed by atoms with Gasteiger partial charge in [0.25, 0.3) is 0 Å². The fourth-order valence-corrected chi connectivity index (χ4v) is 2.10. The zero-order valence-corrected chi connectivity index (χ0v) is 11.7. The molecule has 0 bridgehead atoms. The van der Waals surface area contributed by atoms with Gasteiger partial charge in [-0.3, -0.25) is 0 Å². The van der Waals surface area contributed by atoms with E-state index in [-0.39, 0.29) is 11.3 Å². The van der Waals surface area contributed by atoms with Gasteiger partial charge in [-0.05, 0) is 43.2 Å². The van der Waals surface area contributed by atoms with Gasteiger partial charge in [0.15, 0.2) is 0 Å². The van der Waals surface area contributed by atoms with E-state index in [9.17, 15) is 4.79 Å². The van der Waals surface area contributed by atoms with Gasteiger partial charge >= 0.3 is 5.97 Å². The number of aromatic nitrogens is 1. The normalized spacial score (nSPS) is 10.3. The summed E-state index contributed by atoms with van der Waals surface area (Å²) in [5, 5.41) is 9.10. The number of anilines is 3. The lowest BCUT2D eigenvalue weighted by Gasteiger charge is -2.20. The highest BCUT2D eigenvalue weighted by Gasteiger charge is 2.13. The second kappa shape index (κ2) is 5.21. The third-order valence-corrected chi connectivity index (χ3v) is 3.09. The van der Waals surface area contributed by atoms with Crippen molar-refractivity contribution in [2.75, 3.05) is 17.7 Å². The number of carboxylic acid groups (broad SMARTS) is 1. The largest absolute Gasteiger partial charge is 0.478 e. The Balaban J connectivity index is 2.45. The molecule has 104 valence electrons. The third kappa shape index (κ3) is 2.71. The molecular formula is C15H17N3O2. The minimum atomic E-state index is -1.06. The molecule has 5 nitrogen and oxygen atoms in total. The van der Waals surface area contributed by atoms with Crippen molar-refractivity contribution in [1.29, 1.82) is 0 Å². The molecule has 0 fully saturated rings. The molecule has 2 rings (SSSR count). The number of aryl methyl sites for hydroxylation is 2. The molecule has 5 heteroatoms. The van der Waals surface area contributed by atoms with Crippen molar-refractivity contribution >= 4 is 23.2 Å². The van der Waals surface area contributed by atoms with Crippen molar-refractivity contribution in [3.05, 3.63) is 47.2 Å². The quantitative estimate of drug-likeness (QED) is 0.897. The molecular weight excluding hydrogens is 254 g/mol. The Kier molecular flexibility index (Phi) is 3.61.